The van der Waals surface area contributed by atoms with E-state index in [-0.39, 0.29) is 0 Å². The second-order valence-corrected chi connectivity index (χ2v) is 5.79. The van der Waals surface area contributed by atoms with E-state index in [1.165, 1.54) is 5.56 Å². The summed E-state index contributed by atoms with van der Waals surface area (Å²) in [6.07, 6.45) is 2.13. The summed E-state index contributed by atoms with van der Waals surface area (Å²) in [5.74, 6) is 0. The van der Waals surface area contributed by atoms with Gasteiger partial charge in [-0.3, -0.25) is 0 Å². The van der Waals surface area contributed by atoms with Crippen LogP contribution in [0.5, 0.6) is 0 Å². The van der Waals surface area contributed by atoms with Gasteiger partial charge in [0.15, 0.2) is 0 Å². The SMILES string of the molecule is CCCc1ccc(C(O)Cc2ccc(Cl)cc2Cl)cc1. The van der Waals surface area contributed by atoms with E-state index < -0.39 is 6.10 Å². The van der Waals surface area contributed by atoms with Crippen LogP contribution in [0.15, 0.2) is 42.5 Å². The summed E-state index contributed by atoms with van der Waals surface area (Å²) in [5.41, 5.74) is 3.12. The highest BCUT2D eigenvalue weighted by Gasteiger charge is 2.11. The highest BCUT2D eigenvalue weighted by molar-refractivity contribution is 6.35. The van der Waals surface area contributed by atoms with Gasteiger partial charge in [0.1, 0.15) is 0 Å². The summed E-state index contributed by atoms with van der Waals surface area (Å²) in [7, 11) is 0. The third-order valence-corrected chi connectivity index (χ3v) is 3.92. The lowest BCUT2D eigenvalue weighted by Gasteiger charge is -2.13. The largest absolute Gasteiger partial charge is 0.388 e. The summed E-state index contributed by atoms with van der Waals surface area (Å²) >= 11 is 12.0. The third-order valence-electron chi connectivity index (χ3n) is 3.33. The van der Waals surface area contributed by atoms with Crippen LogP contribution in [0.4, 0.5) is 0 Å². The Labute approximate surface area is 130 Å². The average Bonchev–Trinajstić information content (AvgIpc) is 2.43. The molecule has 0 aliphatic heterocycles. The van der Waals surface area contributed by atoms with Crippen LogP contribution >= 0.6 is 23.2 Å². The van der Waals surface area contributed by atoms with Gasteiger partial charge in [-0.15, -0.1) is 0 Å². The molecule has 0 amide bonds. The molecule has 0 saturated heterocycles. The molecule has 0 spiro atoms. The molecule has 1 N–H and O–H groups in total. The molecule has 0 heterocycles. The van der Waals surface area contributed by atoms with Crippen molar-refractivity contribution in [3.8, 4) is 0 Å². The topological polar surface area (TPSA) is 20.2 Å². The van der Waals surface area contributed by atoms with Crippen molar-refractivity contribution in [2.75, 3.05) is 0 Å². The van der Waals surface area contributed by atoms with Crippen molar-refractivity contribution in [3.63, 3.8) is 0 Å². The Morgan fingerprint density at radius 1 is 1.05 bits per heavy atom. The van der Waals surface area contributed by atoms with Gasteiger partial charge in [0.25, 0.3) is 0 Å². The fraction of sp³-hybridized carbons (Fsp3) is 0.294. The van der Waals surface area contributed by atoms with Gasteiger partial charge in [-0.2, -0.15) is 0 Å². The maximum atomic E-state index is 10.3. The van der Waals surface area contributed by atoms with Crippen molar-refractivity contribution in [3.05, 3.63) is 69.2 Å². The number of aliphatic hydroxyl groups is 1. The Hall–Kier alpha value is -1.02. The maximum absolute atomic E-state index is 10.3. The van der Waals surface area contributed by atoms with E-state index in [4.69, 9.17) is 23.2 Å². The minimum absolute atomic E-state index is 0.489. The first-order valence-corrected chi connectivity index (χ1v) is 7.56. The number of aliphatic hydroxyl groups excluding tert-OH is 1. The van der Waals surface area contributed by atoms with Crippen molar-refractivity contribution >= 4 is 23.2 Å². The third kappa shape index (κ3) is 3.99. The van der Waals surface area contributed by atoms with Crippen LogP contribution in [0, 0.1) is 0 Å². The van der Waals surface area contributed by atoms with Gasteiger partial charge in [0.2, 0.25) is 0 Å². The lowest BCUT2D eigenvalue weighted by molar-refractivity contribution is 0.178. The quantitative estimate of drug-likeness (QED) is 0.802. The number of halogens is 2. The van der Waals surface area contributed by atoms with E-state index in [9.17, 15) is 5.11 Å². The molecule has 0 aliphatic carbocycles. The molecule has 0 bridgehead atoms. The molecule has 106 valence electrons. The fourth-order valence-corrected chi connectivity index (χ4v) is 2.69. The van der Waals surface area contributed by atoms with Crippen LogP contribution in [-0.4, -0.2) is 5.11 Å². The molecule has 2 aromatic carbocycles. The van der Waals surface area contributed by atoms with E-state index in [1.807, 2.05) is 18.2 Å². The van der Waals surface area contributed by atoms with E-state index in [0.29, 0.717) is 16.5 Å². The summed E-state index contributed by atoms with van der Waals surface area (Å²) in [6.45, 7) is 2.16. The summed E-state index contributed by atoms with van der Waals surface area (Å²) < 4.78 is 0. The van der Waals surface area contributed by atoms with Crippen molar-refractivity contribution in [2.45, 2.75) is 32.3 Å². The second-order valence-electron chi connectivity index (χ2n) is 4.95. The Morgan fingerprint density at radius 2 is 1.75 bits per heavy atom. The molecule has 0 fully saturated rings. The molecule has 20 heavy (non-hydrogen) atoms. The van der Waals surface area contributed by atoms with Crippen molar-refractivity contribution < 1.29 is 5.11 Å². The first-order chi connectivity index (χ1) is 9.60. The van der Waals surface area contributed by atoms with Gasteiger partial charge in [0.05, 0.1) is 6.10 Å². The van der Waals surface area contributed by atoms with Crippen molar-refractivity contribution in [2.24, 2.45) is 0 Å². The molecule has 2 aromatic rings. The summed E-state index contributed by atoms with van der Waals surface area (Å²) in [6, 6.07) is 13.5. The van der Waals surface area contributed by atoms with E-state index in [2.05, 4.69) is 19.1 Å². The Bertz CT molecular complexity index is 564. The number of rotatable bonds is 5. The zero-order chi connectivity index (χ0) is 14.5. The van der Waals surface area contributed by atoms with Crippen LogP contribution < -0.4 is 0 Å². The maximum Gasteiger partial charge on any atom is 0.0830 e. The molecule has 2 rings (SSSR count). The van der Waals surface area contributed by atoms with Crippen LogP contribution in [-0.2, 0) is 12.8 Å². The number of hydrogen-bond donors (Lipinski definition) is 1. The predicted octanol–water partition coefficient (Wildman–Crippen LogP) is 5.22. The van der Waals surface area contributed by atoms with Gasteiger partial charge in [-0.25, -0.2) is 0 Å². The van der Waals surface area contributed by atoms with Gasteiger partial charge in [0, 0.05) is 16.5 Å². The van der Waals surface area contributed by atoms with Crippen molar-refractivity contribution in [1.82, 2.24) is 0 Å². The molecule has 0 saturated carbocycles. The smallest absolute Gasteiger partial charge is 0.0830 e. The van der Waals surface area contributed by atoms with E-state index in [1.54, 1.807) is 12.1 Å². The Balaban J connectivity index is 2.09. The first kappa shape index (κ1) is 15.4. The standard InChI is InChI=1S/C17H18Cl2O/c1-2-3-12-4-6-13(7-5-12)17(20)10-14-8-9-15(18)11-16(14)19/h4-9,11,17,20H,2-3,10H2,1H3. The number of hydrogen-bond acceptors (Lipinski definition) is 1. The second kappa shape index (κ2) is 7.12. The minimum atomic E-state index is -0.552. The summed E-state index contributed by atoms with van der Waals surface area (Å²) in [4.78, 5) is 0. The lowest BCUT2D eigenvalue weighted by atomic mass is 9.99. The summed E-state index contributed by atoms with van der Waals surface area (Å²) in [5, 5.41) is 11.5. The van der Waals surface area contributed by atoms with E-state index in [0.717, 1.165) is 24.0 Å². The molecule has 1 unspecified atom stereocenters. The van der Waals surface area contributed by atoms with Crippen LogP contribution in [0.25, 0.3) is 0 Å². The van der Waals surface area contributed by atoms with Crippen LogP contribution in [0.2, 0.25) is 10.0 Å². The van der Waals surface area contributed by atoms with Gasteiger partial charge in [-0.05, 0) is 35.2 Å². The normalized spacial score (nSPS) is 12.4. The van der Waals surface area contributed by atoms with Crippen LogP contribution in [0.3, 0.4) is 0 Å². The van der Waals surface area contributed by atoms with Crippen molar-refractivity contribution in [1.29, 1.82) is 0 Å². The van der Waals surface area contributed by atoms with E-state index >= 15 is 0 Å². The monoisotopic (exact) mass is 308 g/mol. The molecular weight excluding hydrogens is 291 g/mol. The fourth-order valence-electron chi connectivity index (χ4n) is 2.21. The predicted molar refractivity (Wildman–Crippen MR) is 85.6 cm³/mol. The minimum Gasteiger partial charge on any atom is -0.388 e. The average molecular weight is 309 g/mol. The highest BCUT2D eigenvalue weighted by Crippen LogP contribution is 2.26. The molecule has 0 radical (unpaired) electrons. The van der Waals surface area contributed by atoms with Gasteiger partial charge >= 0.3 is 0 Å². The zero-order valence-corrected chi connectivity index (χ0v) is 13.0. The lowest BCUT2D eigenvalue weighted by Crippen LogP contribution is -2.02. The Morgan fingerprint density at radius 3 is 2.35 bits per heavy atom. The zero-order valence-electron chi connectivity index (χ0n) is 11.4. The molecule has 1 atom stereocenters. The van der Waals surface area contributed by atoms with Gasteiger partial charge in [-0.1, -0.05) is 66.9 Å². The molecular formula is C17H18Cl2O. The number of aryl methyl sites for hydroxylation is 1. The van der Waals surface area contributed by atoms with Crippen LogP contribution in [0.1, 0.15) is 36.1 Å². The first-order valence-electron chi connectivity index (χ1n) is 6.81. The molecule has 1 nitrogen and oxygen atoms in total. The number of benzene rings is 2. The highest BCUT2D eigenvalue weighted by atomic mass is 35.5. The molecule has 0 aliphatic rings. The van der Waals surface area contributed by atoms with Gasteiger partial charge < -0.3 is 5.11 Å². The Kier molecular flexibility index (Phi) is 5.47. The molecule has 0 aromatic heterocycles. The molecule has 3 heteroatoms.